The zero-order valence-corrected chi connectivity index (χ0v) is 13.5. The molecule has 1 amide bonds. The second-order valence-electron chi connectivity index (χ2n) is 7.05. The Kier molecular flexibility index (Phi) is 5.21. The van der Waals surface area contributed by atoms with Crippen molar-refractivity contribution in [3.05, 3.63) is 23.9 Å². The number of rotatable bonds is 4. The highest BCUT2D eigenvalue weighted by atomic mass is 16.1. The van der Waals surface area contributed by atoms with Crippen LogP contribution in [0.3, 0.4) is 0 Å². The third-order valence-electron chi connectivity index (χ3n) is 3.69. The van der Waals surface area contributed by atoms with Gasteiger partial charge in [-0.05, 0) is 30.7 Å². The first-order chi connectivity index (χ1) is 9.96. The smallest absolute Gasteiger partial charge is 0.220 e. The van der Waals surface area contributed by atoms with Gasteiger partial charge in [-0.1, -0.05) is 26.8 Å². The van der Waals surface area contributed by atoms with E-state index in [1.165, 1.54) is 19.3 Å². The first kappa shape index (κ1) is 15.8. The average Bonchev–Trinajstić information content (AvgIpc) is 2.45. The molecule has 1 aromatic rings. The lowest BCUT2D eigenvalue weighted by atomic mass is 9.92. The maximum absolute atomic E-state index is 12.0. The maximum atomic E-state index is 12.0. The van der Waals surface area contributed by atoms with Gasteiger partial charge in [0, 0.05) is 37.8 Å². The van der Waals surface area contributed by atoms with Crippen molar-refractivity contribution in [3.8, 4) is 0 Å². The lowest BCUT2D eigenvalue weighted by Crippen LogP contribution is -2.32. The summed E-state index contributed by atoms with van der Waals surface area (Å²) in [7, 11) is 0. The van der Waals surface area contributed by atoms with Crippen molar-refractivity contribution < 1.29 is 4.79 Å². The van der Waals surface area contributed by atoms with Crippen LogP contribution in [0.1, 0.15) is 52.0 Å². The first-order valence-electron chi connectivity index (χ1n) is 7.91. The normalized spacial score (nSPS) is 15.9. The summed E-state index contributed by atoms with van der Waals surface area (Å²) in [6, 6.07) is 4.01. The van der Waals surface area contributed by atoms with E-state index in [0.717, 1.165) is 24.5 Å². The Bertz CT molecular complexity index is 473. The molecule has 1 aliphatic rings. The molecule has 0 spiro atoms. The van der Waals surface area contributed by atoms with E-state index < -0.39 is 0 Å². The quantitative estimate of drug-likeness (QED) is 0.926. The van der Waals surface area contributed by atoms with Crippen molar-refractivity contribution in [3.63, 3.8) is 0 Å². The SMILES string of the molecule is CC(C)(C)CC(=O)NCc1cccnc1N1CCCCC1. The van der Waals surface area contributed by atoms with Crippen LogP contribution in [0.4, 0.5) is 5.82 Å². The van der Waals surface area contributed by atoms with Crippen LogP contribution in [-0.2, 0) is 11.3 Å². The van der Waals surface area contributed by atoms with Crippen LogP contribution >= 0.6 is 0 Å². The standard InChI is InChI=1S/C17H27N3O/c1-17(2,3)12-15(21)19-13-14-8-7-9-18-16(14)20-10-5-4-6-11-20/h7-9H,4-6,10-13H2,1-3H3,(H,19,21). The molecule has 1 fully saturated rings. The predicted octanol–water partition coefficient (Wildman–Crippen LogP) is 3.12. The Morgan fingerprint density at radius 2 is 2.00 bits per heavy atom. The van der Waals surface area contributed by atoms with Gasteiger partial charge in [-0.15, -0.1) is 0 Å². The molecule has 1 saturated heterocycles. The molecule has 4 nitrogen and oxygen atoms in total. The van der Waals surface area contributed by atoms with E-state index in [1.54, 1.807) is 0 Å². The molecule has 2 heterocycles. The molecule has 2 rings (SSSR count). The first-order valence-corrected chi connectivity index (χ1v) is 7.91. The molecule has 1 aliphatic heterocycles. The molecule has 21 heavy (non-hydrogen) atoms. The fraction of sp³-hybridized carbons (Fsp3) is 0.647. The Hall–Kier alpha value is -1.58. The summed E-state index contributed by atoms with van der Waals surface area (Å²) in [5.74, 6) is 1.14. The minimum atomic E-state index is 0.0225. The zero-order chi connectivity index (χ0) is 15.3. The molecule has 116 valence electrons. The van der Waals surface area contributed by atoms with E-state index >= 15 is 0 Å². The molecular formula is C17H27N3O. The third-order valence-corrected chi connectivity index (χ3v) is 3.69. The third kappa shape index (κ3) is 5.03. The number of piperidine rings is 1. The summed E-state index contributed by atoms with van der Waals surface area (Å²) < 4.78 is 0. The van der Waals surface area contributed by atoms with Crippen molar-refractivity contribution in [1.29, 1.82) is 0 Å². The topological polar surface area (TPSA) is 45.2 Å². The van der Waals surface area contributed by atoms with Crippen LogP contribution < -0.4 is 10.2 Å². The van der Waals surface area contributed by atoms with Crippen LogP contribution in [0.15, 0.2) is 18.3 Å². The van der Waals surface area contributed by atoms with Crippen molar-refractivity contribution in [2.45, 2.75) is 53.0 Å². The Morgan fingerprint density at radius 3 is 2.67 bits per heavy atom. The van der Waals surface area contributed by atoms with Gasteiger partial charge in [0.15, 0.2) is 0 Å². The van der Waals surface area contributed by atoms with Gasteiger partial charge in [0.05, 0.1) is 0 Å². The number of carbonyl (C=O) groups excluding carboxylic acids is 1. The van der Waals surface area contributed by atoms with Gasteiger partial charge >= 0.3 is 0 Å². The van der Waals surface area contributed by atoms with Gasteiger partial charge in [-0.25, -0.2) is 4.98 Å². The van der Waals surface area contributed by atoms with E-state index in [4.69, 9.17) is 0 Å². The maximum Gasteiger partial charge on any atom is 0.220 e. The zero-order valence-electron chi connectivity index (χ0n) is 13.5. The van der Waals surface area contributed by atoms with E-state index in [9.17, 15) is 4.79 Å². The second kappa shape index (κ2) is 6.92. The highest BCUT2D eigenvalue weighted by Crippen LogP contribution is 2.22. The number of nitrogens with one attached hydrogen (secondary N) is 1. The number of aromatic nitrogens is 1. The summed E-state index contributed by atoms with van der Waals surface area (Å²) in [4.78, 5) is 18.8. The average molecular weight is 289 g/mol. The molecule has 0 aromatic carbocycles. The fourth-order valence-corrected chi connectivity index (χ4v) is 2.70. The number of hydrogen-bond donors (Lipinski definition) is 1. The number of nitrogens with zero attached hydrogens (tertiary/aromatic N) is 2. The molecule has 1 N–H and O–H groups in total. The summed E-state index contributed by atoms with van der Waals surface area (Å²) in [5.41, 5.74) is 1.14. The van der Waals surface area contributed by atoms with Gasteiger partial charge in [-0.2, -0.15) is 0 Å². The molecule has 0 bridgehead atoms. The van der Waals surface area contributed by atoms with Crippen LogP contribution in [0, 0.1) is 5.41 Å². The Labute approximate surface area is 127 Å². The van der Waals surface area contributed by atoms with Crippen molar-refractivity contribution >= 4 is 11.7 Å². The van der Waals surface area contributed by atoms with E-state index in [-0.39, 0.29) is 11.3 Å². The van der Waals surface area contributed by atoms with Gasteiger partial charge < -0.3 is 10.2 Å². The van der Waals surface area contributed by atoms with Crippen molar-refractivity contribution in [2.75, 3.05) is 18.0 Å². The number of anilines is 1. The Balaban J connectivity index is 1.98. The van der Waals surface area contributed by atoms with Crippen LogP contribution in [0.5, 0.6) is 0 Å². The summed E-state index contributed by atoms with van der Waals surface area (Å²) in [6.07, 6.45) is 6.15. The molecule has 0 saturated carbocycles. The fourth-order valence-electron chi connectivity index (χ4n) is 2.70. The predicted molar refractivity (Wildman–Crippen MR) is 86.2 cm³/mol. The van der Waals surface area contributed by atoms with E-state index in [0.29, 0.717) is 13.0 Å². The summed E-state index contributed by atoms with van der Waals surface area (Å²) in [5, 5.41) is 3.03. The molecule has 0 atom stereocenters. The minimum Gasteiger partial charge on any atom is -0.356 e. The van der Waals surface area contributed by atoms with E-state index in [1.807, 2.05) is 12.3 Å². The molecule has 1 aromatic heterocycles. The highest BCUT2D eigenvalue weighted by Gasteiger charge is 2.18. The van der Waals surface area contributed by atoms with E-state index in [2.05, 4.69) is 42.0 Å². The largest absolute Gasteiger partial charge is 0.356 e. The lowest BCUT2D eigenvalue weighted by molar-refractivity contribution is -0.122. The molecule has 0 unspecified atom stereocenters. The number of carbonyl (C=O) groups is 1. The van der Waals surface area contributed by atoms with Gasteiger partial charge in [-0.3, -0.25) is 4.79 Å². The van der Waals surface area contributed by atoms with Gasteiger partial charge in [0.1, 0.15) is 5.82 Å². The summed E-state index contributed by atoms with van der Waals surface area (Å²) in [6.45, 7) is 8.94. The van der Waals surface area contributed by atoms with Crippen LogP contribution in [0.2, 0.25) is 0 Å². The highest BCUT2D eigenvalue weighted by molar-refractivity contribution is 5.76. The number of hydrogen-bond acceptors (Lipinski definition) is 3. The van der Waals surface area contributed by atoms with Gasteiger partial charge in [0.2, 0.25) is 5.91 Å². The number of pyridine rings is 1. The van der Waals surface area contributed by atoms with Crippen molar-refractivity contribution in [1.82, 2.24) is 10.3 Å². The van der Waals surface area contributed by atoms with Gasteiger partial charge in [0.25, 0.3) is 0 Å². The summed E-state index contributed by atoms with van der Waals surface area (Å²) >= 11 is 0. The lowest BCUT2D eigenvalue weighted by Gasteiger charge is -2.29. The second-order valence-corrected chi connectivity index (χ2v) is 7.05. The number of amides is 1. The molecule has 0 aliphatic carbocycles. The van der Waals surface area contributed by atoms with Crippen LogP contribution in [-0.4, -0.2) is 24.0 Å². The minimum absolute atomic E-state index is 0.0225. The molecule has 0 radical (unpaired) electrons. The molecular weight excluding hydrogens is 262 g/mol. The van der Waals surface area contributed by atoms with Crippen LogP contribution in [0.25, 0.3) is 0 Å². The van der Waals surface area contributed by atoms with Crippen molar-refractivity contribution in [2.24, 2.45) is 5.41 Å². The molecule has 4 heteroatoms. The monoisotopic (exact) mass is 289 g/mol. The Morgan fingerprint density at radius 1 is 1.29 bits per heavy atom.